The van der Waals surface area contributed by atoms with Crippen LogP contribution in [0.5, 0.6) is 5.75 Å². The molecular formula is C19H30N6O2. The molecule has 2 rings (SSSR count). The van der Waals surface area contributed by atoms with Crippen molar-refractivity contribution in [3.05, 3.63) is 30.1 Å². The molecule has 0 aliphatic heterocycles. The van der Waals surface area contributed by atoms with Gasteiger partial charge in [0.05, 0.1) is 13.7 Å². The average Bonchev–Trinajstić information content (AvgIpc) is 3.18. The van der Waals surface area contributed by atoms with Crippen LogP contribution in [0, 0.1) is 0 Å². The molecule has 0 saturated carbocycles. The molecule has 0 unspecified atom stereocenters. The van der Waals surface area contributed by atoms with Gasteiger partial charge in [0.1, 0.15) is 11.6 Å². The molecule has 8 heteroatoms. The van der Waals surface area contributed by atoms with Crippen molar-refractivity contribution in [2.75, 3.05) is 33.9 Å². The SMILES string of the molecule is CCCCOCCCNC(=NC)NCc1nc(-c2ccc(OC)cc2)n[nH]1. The third-order valence-corrected chi connectivity index (χ3v) is 3.93. The zero-order valence-electron chi connectivity index (χ0n) is 16.4. The van der Waals surface area contributed by atoms with Gasteiger partial charge in [0.15, 0.2) is 11.8 Å². The Balaban J connectivity index is 1.72. The summed E-state index contributed by atoms with van der Waals surface area (Å²) in [5, 5.41) is 13.7. The van der Waals surface area contributed by atoms with Crippen LogP contribution in [0.1, 0.15) is 32.0 Å². The highest BCUT2D eigenvalue weighted by Gasteiger charge is 2.07. The molecular weight excluding hydrogens is 344 g/mol. The normalized spacial score (nSPS) is 11.4. The molecule has 27 heavy (non-hydrogen) atoms. The van der Waals surface area contributed by atoms with E-state index in [2.05, 4.69) is 37.7 Å². The minimum atomic E-state index is 0.510. The standard InChI is InChI=1S/C19H30N6O2/c1-4-5-12-27-13-6-11-21-19(20-2)22-14-17-23-18(25-24-17)15-7-9-16(26-3)10-8-15/h7-10H,4-6,11-14H2,1-3H3,(H2,20,21,22)(H,23,24,25). The molecule has 3 N–H and O–H groups in total. The van der Waals surface area contributed by atoms with Gasteiger partial charge in [-0.3, -0.25) is 10.1 Å². The highest BCUT2D eigenvalue weighted by Crippen LogP contribution is 2.18. The second kappa shape index (κ2) is 11.9. The van der Waals surface area contributed by atoms with Crippen molar-refractivity contribution in [3.8, 4) is 17.1 Å². The second-order valence-corrected chi connectivity index (χ2v) is 6.01. The van der Waals surface area contributed by atoms with Gasteiger partial charge in [0.25, 0.3) is 0 Å². The Kier molecular flexibility index (Phi) is 9.12. The predicted molar refractivity (Wildman–Crippen MR) is 107 cm³/mol. The Labute approximate surface area is 160 Å². The zero-order valence-corrected chi connectivity index (χ0v) is 16.4. The van der Waals surface area contributed by atoms with E-state index in [1.165, 1.54) is 0 Å². The fourth-order valence-electron chi connectivity index (χ4n) is 2.36. The minimum Gasteiger partial charge on any atom is -0.497 e. The lowest BCUT2D eigenvalue weighted by atomic mass is 10.2. The Bertz CT molecular complexity index is 684. The van der Waals surface area contributed by atoms with Crippen molar-refractivity contribution in [1.29, 1.82) is 0 Å². The number of nitrogens with zero attached hydrogens (tertiary/aromatic N) is 3. The molecule has 8 nitrogen and oxygen atoms in total. The maximum absolute atomic E-state index is 5.55. The van der Waals surface area contributed by atoms with E-state index < -0.39 is 0 Å². The van der Waals surface area contributed by atoms with Gasteiger partial charge in [-0.1, -0.05) is 13.3 Å². The molecule has 2 aromatic rings. The maximum Gasteiger partial charge on any atom is 0.191 e. The number of methoxy groups -OCH3 is 1. The first-order valence-electron chi connectivity index (χ1n) is 9.34. The van der Waals surface area contributed by atoms with Crippen LogP contribution in [-0.4, -0.2) is 55.1 Å². The summed E-state index contributed by atoms with van der Waals surface area (Å²) in [6, 6.07) is 7.65. The van der Waals surface area contributed by atoms with E-state index in [4.69, 9.17) is 9.47 Å². The molecule has 0 aliphatic rings. The van der Waals surface area contributed by atoms with Gasteiger partial charge in [-0.15, -0.1) is 0 Å². The molecule has 0 bridgehead atoms. The number of aromatic nitrogens is 3. The van der Waals surface area contributed by atoms with E-state index in [0.717, 1.165) is 62.1 Å². The van der Waals surface area contributed by atoms with Gasteiger partial charge in [0.2, 0.25) is 0 Å². The van der Waals surface area contributed by atoms with Gasteiger partial charge < -0.3 is 20.1 Å². The number of benzene rings is 1. The molecule has 1 heterocycles. The Morgan fingerprint density at radius 2 is 1.93 bits per heavy atom. The zero-order chi connectivity index (χ0) is 19.3. The summed E-state index contributed by atoms with van der Waals surface area (Å²) in [5.74, 6) is 2.93. The van der Waals surface area contributed by atoms with E-state index in [1.807, 2.05) is 24.3 Å². The summed E-state index contributed by atoms with van der Waals surface area (Å²) >= 11 is 0. The quantitative estimate of drug-likeness (QED) is 0.317. The molecule has 148 valence electrons. The van der Waals surface area contributed by atoms with Gasteiger partial charge in [0, 0.05) is 32.4 Å². The number of aromatic amines is 1. The number of H-pyrrole nitrogens is 1. The number of unbranched alkanes of at least 4 members (excludes halogenated alkanes) is 1. The highest BCUT2D eigenvalue weighted by molar-refractivity contribution is 5.79. The van der Waals surface area contributed by atoms with Crippen molar-refractivity contribution in [1.82, 2.24) is 25.8 Å². The smallest absolute Gasteiger partial charge is 0.191 e. The van der Waals surface area contributed by atoms with Gasteiger partial charge in [-0.05, 0) is 37.1 Å². The van der Waals surface area contributed by atoms with Crippen molar-refractivity contribution in [2.24, 2.45) is 4.99 Å². The molecule has 1 aromatic carbocycles. The molecule has 0 fully saturated rings. The van der Waals surface area contributed by atoms with E-state index in [9.17, 15) is 0 Å². The van der Waals surface area contributed by atoms with Crippen molar-refractivity contribution < 1.29 is 9.47 Å². The lowest BCUT2D eigenvalue weighted by Gasteiger charge is -2.10. The van der Waals surface area contributed by atoms with Gasteiger partial charge >= 0.3 is 0 Å². The van der Waals surface area contributed by atoms with Crippen LogP contribution < -0.4 is 15.4 Å². The monoisotopic (exact) mass is 374 g/mol. The molecule has 0 radical (unpaired) electrons. The average molecular weight is 374 g/mol. The van der Waals surface area contributed by atoms with Crippen LogP contribution in [0.15, 0.2) is 29.3 Å². The fraction of sp³-hybridized carbons (Fsp3) is 0.526. The third kappa shape index (κ3) is 7.26. The summed E-state index contributed by atoms with van der Waals surface area (Å²) < 4.78 is 10.7. The summed E-state index contributed by atoms with van der Waals surface area (Å²) in [6.07, 6.45) is 3.22. The third-order valence-electron chi connectivity index (χ3n) is 3.93. The summed E-state index contributed by atoms with van der Waals surface area (Å²) in [4.78, 5) is 8.72. The first-order valence-corrected chi connectivity index (χ1v) is 9.34. The van der Waals surface area contributed by atoms with Crippen LogP contribution in [0.2, 0.25) is 0 Å². The van der Waals surface area contributed by atoms with Crippen LogP contribution >= 0.6 is 0 Å². The van der Waals surface area contributed by atoms with Gasteiger partial charge in [-0.25, -0.2) is 4.98 Å². The Hall–Kier alpha value is -2.61. The highest BCUT2D eigenvalue weighted by atomic mass is 16.5. The number of rotatable bonds is 11. The predicted octanol–water partition coefficient (Wildman–Crippen LogP) is 2.35. The van der Waals surface area contributed by atoms with Crippen LogP contribution in [0.3, 0.4) is 0 Å². The number of ether oxygens (including phenoxy) is 2. The fourth-order valence-corrected chi connectivity index (χ4v) is 2.36. The van der Waals surface area contributed by atoms with E-state index in [1.54, 1.807) is 14.2 Å². The number of hydrogen-bond donors (Lipinski definition) is 3. The number of hydrogen-bond acceptors (Lipinski definition) is 5. The molecule has 0 saturated heterocycles. The molecule has 0 amide bonds. The van der Waals surface area contributed by atoms with Gasteiger partial charge in [-0.2, -0.15) is 5.10 Å². The van der Waals surface area contributed by atoms with E-state index in [0.29, 0.717) is 12.4 Å². The van der Waals surface area contributed by atoms with Crippen molar-refractivity contribution >= 4 is 5.96 Å². The summed E-state index contributed by atoms with van der Waals surface area (Å²) in [5.41, 5.74) is 0.934. The van der Waals surface area contributed by atoms with Crippen molar-refractivity contribution in [3.63, 3.8) is 0 Å². The van der Waals surface area contributed by atoms with E-state index in [-0.39, 0.29) is 0 Å². The second-order valence-electron chi connectivity index (χ2n) is 6.01. The Morgan fingerprint density at radius 3 is 2.63 bits per heavy atom. The summed E-state index contributed by atoms with van der Waals surface area (Å²) in [6.45, 7) is 5.08. The van der Waals surface area contributed by atoms with Crippen LogP contribution in [0.4, 0.5) is 0 Å². The topological polar surface area (TPSA) is 96.4 Å². The molecule has 0 aliphatic carbocycles. The van der Waals surface area contributed by atoms with Crippen LogP contribution in [0.25, 0.3) is 11.4 Å². The summed E-state index contributed by atoms with van der Waals surface area (Å²) in [7, 11) is 3.39. The molecule has 0 atom stereocenters. The molecule has 0 spiro atoms. The number of guanidine groups is 1. The van der Waals surface area contributed by atoms with E-state index >= 15 is 0 Å². The maximum atomic E-state index is 5.55. The largest absolute Gasteiger partial charge is 0.497 e. The number of aliphatic imine (C=N–C) groups is 1. The van der Waals surface area contributed by atoms with Crippen molar-refractivity contribution in [2.45, 2.75) is 32.7 Å². The Morgan fingerprint density at radius 1 is 1.15 bits per heavy atom. The first kappa shape index (κ1) is 20.7. The lowest BCUT2D eigenvalue weighted by molar-refractivity contribution is 0.129. The molecule has 1 aromatic heterocycles. The lowest BCUT2D eigenvalue weighted by Crippen LogP contribution is -2.37. The first-order chi connectivity index (χ1) is 13.3. The van der Waals surface area contributed by atoms with Crippen LogP contribution in [-0.2, 0) is 11.3 Å². The number of nitrogens with one attached hydrogen (secondary N) is 3. The minimum absolute atomic E-state index is 0.510.